The molecular weight excluding hydrogens is 382 g/mol. The number of anilines is 2. The van der Waals surface area contributed by atoms with E-state index in [-0.39, 0.29) is 6.10 Å². The highest BCUT2D eigenvalue weighted by Crippen LogP contribution is 2.24. The van der Waals surface area contributed by atoms with Crippen molar-refractivity contribution in [1.29, 1.82) is 0 Å². The summed E-state index contributed by atoms with van der Waals surface area (Å²) in [5.41, 5.74) is 6.74. The van der Waals surface area contributed by atoms with E-state index in [4.69, 9.17) is 15.2 Å². The van der Waals surface area contributed by atoms with E-state index in [0.29, 0.717) is 18.1 Å². The third kappa shape index (κ3) is 4.60. The van der Waals surface area contributed by atoms with Crippen LogP contribution in [0.5, 0.6) is 11.5 Å². The van der Waals surface area contributed by atoms with Gasteiger partial charge >= 0.3 is 0 Å². The van der Waals surface area contributed by atoms with Gasteiger partial charge in [0.05, 0.1) is 20.2 Å². The fourth-order valence-electron chi connectivity index (χ4n) is 3.17. The first kappa shape index (κ1) is 19.5. The zero-order chi connectivity index (χ0) is 20.9. The van der Waals surface area contributed by atoms with Crippen molar-refractivity contribution in [2.45, 2.75) is 12.6 Å². The summed E-state index contributed by atoms with van der Waals surface area (Å²) in [6.07, 6.45) is 1.84. The number of amides is 1. The standard InChI is InChI=1S/C22H23N5O3/c1-29-17-5-7-18(8-6-17)30-19-13-27(14-19)20-9-10-24-22(26-20)25-12-15-3-2-4-16(11-15)21(23)28/h2-11,19H,12-14H2,1H3,(H2,23,28)(H,24,25,26). The van der Waals surface area contributed by atoms with Gasteiger partial charge in [-0.05, 0) is 48.0 Å². The Morgan fingerprint density at radius 1 is 1.17 bits per heavy atom. The molecular formula is C22H23N5O3. The number of carbonyl (C=O) groups is 1. The summed E-state index contributed by atoms with van der Waals surface area (Å²) >= 11 is 0. The first-order valence-electron chi connectivity index (χ1n) is 9.62. The number of nitrogens with zero attached hydrogens (tertiary/aromatic N) is 3. The van der Waals surface area contributed by atoms with Crippen molar-refractivity contribution in [2.75, 3.05) is 30.4 Å². The monoisotopic (exact) mass is 405 g/mol. The van der Waals surface area contributed by atoms with Crippen molar-refractivity contribution in [3.8, 4) is 11.5 Å². The number of aromatic nitrogens is 2. The highest BCUT2D eigenvalue weighted by Gasteiger charge is 2.29. The fourth-order valence-corrected chi connectivity index (χ4v) is 3.17. The van der Waals surface area contributed by atoms with E-state index in [1.165, 1.54) is 0 Å². The molecule has 1 amide bonds. The molecule has 1 aromatic heterocycles. The summed E-state index contributed by atoms with van der Waals surface area (Å²) < 4.78 is 11.1. The van der Waals surface area contributed by atoms with Crippen LogP contribution in [0.4, 0.5) is 11.8 Å². The second kappa shape index (κ2) is 8.69. The molecule has 0 saturated carbocycles. The Labute approximate surface area is 174 Å². The zero-order valence-corrected chi connectivity index (χ0v) is 16.6. The summed E-state index contributed by atoms with van der Waals surface area (Å²) in [6.45, 7) is 2.00. The molecule has 1 aliphatic heterocycles. The molecule has 2 aromatic carbocycles. The Morgan fingerprint density at radius 3 is 2.67 bits per heavy atom. The molecule has 8 heteroatoms. The fraction of sp³-hybridized carbons (Fsp3) is 0.227. The number of methoxy groups -OCH3 is 1. The quantitative estimate of drug-likeness (QED) is 0.593. The third-order valence-corrected chi connectivity index (χ3v) is 4.84. The van der Waals surface area contributed by atoms with Crippen LogP contribution in [0.25, 0.3) is 0 Å². The van der Waals surface area contributed by atoms with Crippen LogP contribution < -0.4 is 25.4 Å². The van der Waals surface area contributed by atoms with Crippen LogP contribution in [0, 0.1) is 0 Å². The van der Waals surface area contributed by atoms with Gasteiger partial charge in [0.25, 0.3) is 0 Å². The Morgan fingerprint density at radius 2 is 1.93 bits per heavy atom. The topological polar surface area (TPSA) is 103 Å². The molecule has 1 aliphatic rings. The lowest BCUT2D eigenvalue weighted by molar-refractivity contribution is 0.1000. The van der Waals surface area contributed by atoms with Crippen LogP contribution >= 0.6 is 0 Å². The number of nitrogens with one attached hydrogen (secondary N) is 1. The van der Waals surface area contributed by atoms with Gasteiger partial charge in [-0.1, -0.05) is 12.1 Å². The lowest BCUT2D eigenvalue weighted by Crippen LogP contribution is -2.54. The van der Waals surface area contributed by atoms with Gasteiger partial charge in [-0.3, -0.25) is 4.79 Å². The molecule has 154 valence electrons. The number of primary amides is 1. The lowest BCUT2D eigenvalue weighted by atomic mass is 10.1. The second-order valence-corrected chi connectivity index (χ2v) is 6.98. The molecule has 0 radical (unpaired) electrons. The largest absolute Gasteiger partial charge is 0.497 e. The van der Waals surface area contributed by atoms with E-state index in [9.17, 15) is 4.79 Å². The summed E-state index contributed by atoms with van der Waals surface area (Å²) in [4.78, 5) is 22.3. The maximum atomic E-state index is 11.3. The molecule has 0 spiro atoms. The van der Waals surface area contributed by atoms with Crippen molar-refractivity contribution >= 4 is 17.7 Å². The lowest BCUT2D eigenvalue weighted by Gasteiger charge is -2.39. The number of hydrogen-bond donors (Lipinski definition) is 2. The summed E-state index contributed by atoms with van der Waals surface area (Å²) in [5, 5.41) is 3.19. The van der Waals surface area contributed by atoms with Gasteiger partial charge in [0.15, 0.2) is 0 Å². The van der Waals surface area contributed by atoms with Crippen molar-refractivity contribution in [3.05, 3.63) is 71.9 Å². The zero-order valence-electron chi connectivity index (χ0n) is 16.6. The van der Waals surface area contributed by atoms with E-state index in [1.807, 2.05) is 36.4 Å². The minimum Gasteiger partial charge on any atom is -0.497 e. The Kier molecular flexibility index (Phi) is 5.65. The number of hydrogen-bond acceptors (Lipinski definition) is 7. The smallest absolute Gasteiger partial charge is 0.248 e. The highest BCUT2D eigenvalue weighted by molar-refractivity contribution is 5.92. The van der Waals surface area contributed by atoms with Crippen LogP contribution in [0.15, 0.2) is 60.8 Å². The van der Waals surface area contributed by atoms with Crippen LogP contribution in [0.1, 0.15) is 15.9 Å². The first-order chi connectivity index (χ1) is 14.6. The normalized spacial score (nSPS) is 13.4. The Bertz CT molecular complexity index is 1020. The molecule has 1 fully saturated rings. The van der Waals surface area contributed by atoms with Crippen molar-refractivity contribution in [2.24, 2.45) is 5.73 Å². The van der Waals surface area contributed by atoms with Gasteiger partial charge in [-0.25, -0.2) is 4.98 Å². The minimum absolute atomic E-state index is 0.112. The van der Waals surface area contributed by atoms with Crippen LogP contribution in [-0.4, -0.2) is 42.2 Å². The molecule has 0 atom stereocenters. The second-order valence-electron chi connectivity index (χ2n) is 6.98. The molecule has 3 aromatic rings. The van der Waals surface area contributed by atoms with E-state index < -0.39 is 5.91 Å². The molecule has 30 heavy (non-hydrogen) atoms. The van der Waals surface area contributed by atoms with Crippen molar-refractivity contribution in [1.82, 2.24) is 9.97 Å². The van der Waals surface area contributed by atoms with Crippen LogP contribution in [-0.2, 0) is 6.54 Å². The van der Waals surface area contributed by atoms with Gasteiger partial charge < -0.3 is 25.4 Å². The third-order valence-electron chi connectivity index (χ3n) is 4.84. The van der Waals surface area contributed by atoms with Crippen molar-refractivity contribution in [3.63, 3.8) is 0 Å². The first-order valence-corrected chi connectivity index (χ1v) is 9.62. The van der Waals surface area contributed by atoms with Crippen LogP contribution in [0.3, 0.4) is 0 Å². The van der Waals surface area contributed by atoms with Gasteiger partial charge in [0.2, 0.25) is 11.9 Å². The predicted molar refractivity (Wildman–Crippen MR) is 114 cm³/mol. The van der Waals surface area contributed by atoms with E-state index in [1.54, 1.807) is 31.5 Å². The Balaban J connectivity index is 1.31. The molecule has 0 bridgehead atoms. The molecule has 0 unspecified atom stereocenters. The van der Waals surface area contributed by atoms with Gasteiger partial charge in [0.1, 0.15) is 23.4 Å². The Hall–Kier alpha value is -3.81. The molecule has 3 N–H and O–H groups in total. The average Bonchev–Trinajstić information content (AvgIpc) is 2.75. The van der Waals surface area contributed by atoms with Crippen molar-refractivity contribution < 1.29 is 14.3 Å². The highest BCUT2D eigenvalue weighted by atomic mass is 16.5. The maximum Gasteiger partial charge on any atom is 0.248 e. The number of carbonyl (C=O) groups excluding carboxylic acids is 1. The van der Waals surface area contributed by atoms with Crippen LogP contribution in [0.2, 0.25) is 0 Å². The van der Waals surface area contributed by atoms with Gasteiger partial charge in [-0.2, -0.15) is 4.98 Å². The van der Waals surface area contributed by atoms with Gasteiger partial charge in [-0.15, -0.1) is 0 Å². The molecule has 1 saturated heterocycles. The predicted octanol–water partition coefficient (Wildman–Crippen LogP) is 2.46. The van der Waals surface area contributed by atoms with E-state index in [2.05, 4.69) is 20.2 Å². The SMILES string of the molecule is COc1ccc(OC2CN(c3ccnc(NCc4cccc(C(N)=O)c4)n3)C2)cc1. The molecule has 0 aliphatic carbocycles. The average molecular weight is 405 g/mol. The maximum absolute atomic E-state index is 11.3. The number of nitrogens with two attached hydrogens (primary N) is 1. The summed E-state index contributed by atoms with van der Waals surface area (Å²) in [7, 11) is 1.64. The number of benzene rings is 2. The van der Waals surface area contributed by atoms with Gasteiger partial charge in [0, 0.05) is 18.3 Å². The summed E-state index contributed by atoms with van der Waals surface area (Å²) in [6, 6.07) is 16.6. The number of ether oxygens (including phenoxy) is 2. The molecule has 4 rings (SSSR count). The molecule has 2 heterocycles. The van der Waals surface area contributed by atoms with E-state index >= 15 is 0 Å². The van der Waals surface area contributed by atoms with E-state index in [0.717, 1.165) is 36.0 Å². The summed E-state index contributed by atoms with van der Waals surface area (Å²) in [5.74, 6) is 2.55. The molecule has 8 nitrogen and oxygen atoms in total. The number of rotatable bonds is 8. The minimum atomic E-state index is -0.445.